The molecule has 0 aliphatic carbocycles. The number of anilines is 1. The molecule has 2 rings (SSSR count). The van der Waals surface area contributed by atoms with Crippen molar-refractivity contribution in [2.75, 3.05) is 5.73 Å². The van der Waals surface area contributed by atoms with Crippen LogP contribution in [-0.2, 0) is 0 Å². The van der Waals surface area contributed by atoms with Crippen LogP contribution in [-0.4, -0.2) is 9.97 Å². The van der Waals surface area contributed by atoms with Crippen LogP contribution in [0.4, 0.5) is 14.7 Å². The third kappa shape index (κ3) is 1.90. The van der Waals surface area contributed by atoms with Crippen LogP contribution in [0.3, 0.4) is 0 Å². The van der Waals surface area contributed by atoms with Crippen LogP contribution in [0.25, 0.3) is 11.1 Å². The van der Waals surface area contributed by atoms with Gasteiger partial charge in [-0.05, 0) is 17.7 Å². The van der Waals surface area contributed by atoms with E-state index in [-0.39, 0.29) is 5.95 Å². The summed E-state index contributed by atoms with van der Waals surface area (Å²) in [5, 5.41) is 0. The van der Waals surface area contributed by atoms with Crippen LogP contribution < -0.4 is 5.73 Å². The van der Waals surface area contributed by atoms with Gasteiger partial charge in [-0.3, -0.25) is 0 Å². The Bertz CT molecular complexity index is 483. The van der Waals surface area contributed by atoms with Gasteiger partial charge in [0.1, 0.15) is 0 Å². The van der Waals surface area contributed by atoms with E-state index in [1.54, 1.807) is 0 Å². The highest BCUT2D eigenvalue weighted by molar-refractivity contribution is 5.61. The first kappa shape index (κ1) is 9.51. The second-order valence-corrected chi connectivity index (χ2v) is 2.96. The maximum atomic E-state index is 12.9. The zero-order chi connectivity index (χ0) is 10.8. The molecule has 1 aromatic heterocycles. The zero-order valence-corrected chi connectivity index (χ0v) is 7.61. The highest BCUT2D eigenvalue weighted by atomic mass is 19.2. The summed E-state index contributed by atoms with van der Waals surface area (Å²) in [7, 11) is 0. The number of hydrogen-bond acceptors (Lipinski definition) is 3. The van der Waals surface area contributed by atoms with Crippen LogP contribution in [0.5, 0.6) is 0 Å². The number of nitrogens with two attached hydrogens (primary N) is 1. The van der Waals surface area contributed by atoms with Gasteiger partial charge in [-0.25, -0.2) is 18.7 Å². The molecule has 0 unspecified atom stereocenters. The van der Waals surface area contributed by atoms with Gasteiger partial charge in [0.2, 0.25) is 5.95 Å². The summed E-state index contributed by atoms with van der Waals surface area (Å²) >= 11 is 0. The summed E-state index contributed by atoms with van der Waals surface area (Å²) < 4.78 is 25.6. The average molecular weight is 207 g/mol. The Balaban J connectivity index is 2.45. The Labute approximate surface area is 84.6 Å². The minimum absolute atomic E-state index is 0.140. The molecule has 0 atom stereocenters. The first-order valence-electron chi connectivity index (χ1n) is 4.20. The van der Waals surface area contributed by atoms with Gasteiger partial charge in [0.05, 0.1) is 0 Å². The second kappa shape index (κ2) is 3.61. The smallest absolute Gasteiger partial charge is 0.219 e. The fourth-order valence-electron chi connectivity index (χ4n) is 1.16. The molecule has 0 saturated carbocycles. The summed E-state index contributed by atoms with van der Waals surface area (Å²) in [4.78, 5) is 7.52. The lowest BCUT2D eigenvalue weighted by Crippen LogP contribution is -1.94. The minimum atomic E-state index is -0.899. The number of aromatic nitrogens is 2. The lowest BCUT2D eigenvalue weighted by Gasteiger charge is -2.01. The van der Waals surface area contributed by atoms with Gasteiger partial charge in [-0.1, -0.05) is 6.07 Å². The monoisotopic (exact) mass is 207 g/mol. The summed E-state index contributed by atoms with van der Waals surface area (Å²) in [6.07, 6.45) is 2.91. The third-order valence-corrected chi connectivity index (χ3v) is 1.92. The van der Waals surface area contributed by atoms with Crippen molar-refractivity contribution < 1.29 is 8.78 Å². The van der Waals surface area contributed by atoms with Crippen LogP contribution in [0.1, 0.15) is 0 Å². The summed E-state index contributed by atoms with van der Waals surface area (Å²) in [6.45, 7) is 0. The number of nitrogens with zero attached hydrogens (tertiary/aromatic N) is 2. The van der Waals surface area contributed by atoms with Crippen molar-refractivity contribution in [2.45, 2.75) is 0 Å². The molecule has 0 radical (unpaired) electrons. The Morgan fingerprint density at radius 3 is 2.20 bits per heavy atom. The molecule has 1 aromatic carbocycles. The van der Waals surface area contributed by atoms with Gasteiger partial charge in [-0.15, -0.1) is 0 Å². The van der Waals surface area contributed by atoms with Crippen LogP contribution in [0.2, 0.25) is 0 Å². The Kier molecular flexibility index (Phi) is 2.29. The molecule has 0 aliphatic heterocycles. The van der Waals surface area contributed by atoms with E-state index in [4.69, 9.17) is 5.73 Å². The van der Waals surface area contributed by atoms with E-state index >= 15 is 0 Å². The quantitative estimate of drug-likeness (QED) is 0.778. The van der Waals surface area contributed by atoms with Gasteiger partial charge in [0.15, 0.2) is 11.6 Å². The predicted molar refractivity (Wildman–Crippen MR) is 51.8 cm³/mol. The van der Waals surface area contributed by atoms with E-state index in [1.807, 2.05) is 0 Å². The topological polar surface area (TPSA) is 51.8 Å². The summed E-state index contributed by atoms with van der Waals surface area (Å²) in [5.74, 6) is -1.64. The van der Waals surface area contributed by atoms with Crippen molar-refractivity contribution in [1.29, 1.82) is 0 Å². The molecule has 0 saturated heterocycles. The van der Waals surface area contributed by atoms with Crippen LogP contribution in [0, 0.1) is 11.6 Å². The number of rotatable bonds is 1. The van der Waals surface area contributed by atoms with E-state index in [1.165, 1.54) is 18.5 Å². The SMILES string of the molecule is Nc1ncc(-c2ccc(F)c(F)c2)cn1. The molecule has 1 heterocycles. The molecule has 15 heavy (non-hydrogen) atoms. The molecule has 2 aromatic rings. The lowest BCUT2D eigenvalue weighted by molar-refractivity contribution is 0.509. The first-order chi connectivity index (χ1) is 7.16. The maximum absolute atomic E-state index is 12.9. The van der Waals surface area contributed by atoms with Crippen molar-refractivity contribution in [3.63, 3.8) is 0 Å². The Hall–Kier alpha value is -2.04. The highest BCUT2D eigenvalue weighted by Gasteiger charge is 2.04. The molecule has 3 nitrogen and oxygen atoms in total. The minimum Gasteiger partial charge on any atom is -0.368 e. The van der Waals surface area contributed by atoms with Gasteiger partial charge in [-0.2, -0.15) is 0 Å². The average Bonchev–Trinajstić information content (AvgIpc) is 2.23. The van der Waals surface area contributed by atoms with Gasteiger partial charge < -0.3 is 5.73 Å². The maximum Gasteiger partial charge on any atom is 0.219 e. The normalized spacial score (nSPS) is 10.3. The van der Waals surface area contributed by atoms with Crippen molar-refractivity contribution in [3.8, 4) is 11.1 Å². The fourth-order valence-corrected chi connectivity index (χ4v) is 1.16. The standard InChI is InChI=1S/C10H7F2N3/c11-8-2-1-6(3-9(8)12)7-4-14-10(13)15-5-7/h1-5H,(H2,13,14,15). The van der Waals surface area contributed by atoms with E-state index in [9.17, 15) is 8.78 Å². The molecule has 2 N–H and O–H groups in total. The van der Waals surface area contributed by atoms with Crippen molar-refractivity contribution in [2.24, 2.45) is 0 Å². The van der Waals surface area contributed by atoms with E-state index in [0.717, 1.165) is 12.1 Å². The molecule has 0 amide bonds. The van der Waals surface area contributed by atoms with Crippen LogP contribution in [0.15, 0.2) is 30.6 Å². The van der Waals surface area contributed by atoms with E-state index in [0.29, 0.717) is 11.1 Å². The first-order valence-corrected chi connectivity index (χ1v) is 4.20. The Morgan fingerprint density at radius 2 is 1.60 bits per heavy atom. The molecular formula is C10H7F2N3. The molecule has 5 heteroatoms. The van der Waals surface area contributed by atoms with Crippen LogP contribution >= 0.6 is 0 Å². The predicted octanol–water partition coefficient (Wildman–Crippen LogP) is 2.00. The molecular weight excluding hydrogens is 200 g/mol. The van der Waals surface area contributed by atoms with E-state index in [2.05, 4.69) is 9.97 Å². The van der Waals surface area contributed by atoms with Gasteiger partial charge >= 0.3 is 0 Å². The van der Waals surface area contributed by atoms with Gasteiger partial charge in [0, 0.05) is 18.0 Å². The Morgan fingerprint density at radius 1 is 0.933 bits per heavy atom. The number of benzene rings is 1. The van der Waals surface area contributed by atoms with E-state index < -0.39 is 11.6 Å². The third-order valence-electron chi connectivity index (χ3n) is 1.92. The van der Waals surface area contributed by atoms with Crippen molar-refractivity contribution >= 4 is 5.95 Å². The fraction of sp³-hybridized carbons (Fsp3) is 0. The van der Waals surface area contributed by atoms with Crippen molar-refractivity contribution in [1.82, 2.24) is 9.97 Å². The van der Waals surface area contributed by atoms with Crippen molar-refractivity contribution in [3.05, 3.63) is 42.2 Å². The molecule has 0 bridgehead atoms. The largest absolute Gasteiger partial charge is 0.368 e. The summed E-state index contributed by atoms with van der Waals surface area (Å²) in [5.41, 5.74) is 6.40. The molecule has 0 fully saturated rings. The molecule has 0 aliphatic rings. The zero-order valence-electron chi connectivity index (χ0n) is 7.61. The molecule has 76 valence electrons. The number of halogens is 2. The highest BCUT2D eigenvalue weighted by Crippen LogP contribution is 2.20. The number of nitrogen functional groups attached to an aromatic ring is 1. The number of hydrogen-bond donors (Lipinski definition) is 1. The lowest BCUT2D eigenvalue weighted by atomic mass is 10.1. The summed E-state index contributed by atoms with van der Waals surface area (Å²) in [6, 6.07) is 3.60. The molecule has 0 spiro atoms. The van der Waals surface area contributed by atoms with Gasteiger partial charge in [0.25, 0.3) is 0 Å². The second-order valence-electron chi connectivity index (χ2n) is 2.96.